The Labute approximate surface area is 125 Å². The summed E-state index contributed by atoms with van der Waals surface area (Å²) >= 11 is 0. The smallest absolute Gasteiger partial charge is 0.222 e. The molecule has 1 aromatic heterocycles. The first-order valence-electron chi connectivity index (χ1n) is 8.44. The van der Waals surface area contributed by atoms with E-state index < -0.39 is 0 Å². The normalized spacial score (nSPS) is 32.3. The zero-order valence-electron chi connectivity index (χ0n) is 12.4. The number of nitrogens with zero attached hydrogens (tertiary/aromatic N) is 3. The van der Waals surface area contributed by atoms with E-state index in [0.717, 1.165) is 25.3 Å². The molecule has 2 aliphatic carbocycles. The lowest BCUT2D eigenvalue weighted by atomic mass is 9.71. The number of nitrogens with two attached hydrogens (primary N) is 1. The Morgan fingerprint density at radius 1 is 1.14 bits per heavy atom. The van der Waals surface area contributed by atoms with Crippen LogP contribution in [-0.2, 0) is 11.8 Å². The molecule has 5 rings (SSSR count). The lowest BCUT2D eigenvalue weighted by Crippen LogP contribution is -2.78. The van der Waals surface area contributed by atoms with E-state index >= 15 is 0 Å². The summed E-state index contributed by atoms with van der Waals surface area (Å²) in [5.41, 5.74) is 9.13. The highest BCUT2D eigenvalue weighted by molar-refractivity contribution is 5.59. The molecule has 3 N–H and O–H groups in total. The van der Waals surface area contributed by atoms with Crippen LogP contribution in [-0.4, -0.2) is 35.1 Å². The zero-order valence-corrected chi connectivity index (χ0v) is 12.4. The van der Waals surface area contributed by atoms with E-state index in [2.05, 4.69) is 15.2 Å². The van der Waals surface area contributed by atoms with Gasteiger partial charge in [0.1, 0.15) is 5.82 Å². The molecule has 2 aliphatic heterocycles. The maximum atomic E-state index is 6.08. The standard InChI is InChI=1S/C16H23N5/c17-15-19-13-10(4-3-7-16(13)5-1-2-6-16)14(20-15)21-9-11-12(21)8-18-11/h11-12,18H,1-9H2,(H2,17,19,20). The maximum absolute atomic E-state index is 6.08. The van der Waals surface area contributed by atoms with Gasteiger partial charge >= 0.3 is 0 Å². The molecule has 1 aromatic rings. The van der Waals surface area contributed by atoms with Gasteiger partial charge in [0, 0.05) is 30.1 Å². The highest BCUT2D eigenvalue weighted by Gasteiger charge is 2.48. The fourth-order valence-corrected chi connectivity index (χ4v) is 5.01. The zero-order chi connectivity index (χ0) is 14.0. The van der Waals surface area contributed by atoms with Crippen LogP contribution in [0.2, 0.25) is 0 Å². The van der Waals surface area contributed by atoms with Crippen LogP contribution in [0.25, 0.3) is 0 Å². The molecule has 2 atom stereocenters. The minimum atomic E-state index is 0.321. The van der Waals surface area contributed by atoms with Gasteiger partial charge in [0.25, 0.3) is 0 Å². The van der Waals surface area contributed by atoms with E-state index in [9.17, 15) is 0 Å². The molecule has 5 heteroatoms. The summed E-state index contributed by atoms with van der Waals surface area (Å²) in [7, 11) is 0. The van der Waals surface area contributed by atoms with Gasteiger partial charge in [-0.3, -0.25) is 0 Å². The number of rotatable bonds is 1. The lowest BCUT2D eigenvalue weighted by Gasteiger charge is -2.57. The first-order valence-corrected chi connectivity index (χ1v) is 8.44. The van der Waals surface area contributed by atoms with Crippen molar-refractivity contribution in [1.29, 1.82) is 0 Å². The summed E-state index contributed by atoms with van der Waals surface area (Å²) < 4.78 is 0. The molecule has 112 valence electrons. The van der Waals surface area contributed by atoms with Crippen LogP contribution >= 0.6 is 0 Å². The summed E-state index contributed by atoms with van der Waals surface area (Å²) in [5.74, 6) is 1.64. The molecule has 4 aliphatic rings. The van der Waals surface area contributed by atoms with Crippen LogP contribution in [0.1, 0.15) is 49.8 Å². The van der Waals surface area contributed by atoms with Crippen LogP contribution in [0.3, 0.4) is 0 Å². The topological polar surface area (TPSA) is 67.1 Å². The van der Waals surface area contributed by atoms with Crippen molar-refractivity contribution in [3.05, 3.63) is 11.3 Å². The first-order chi connectivity index (χ1) is 10.3. The van der Waals surface area contributed by atoms with E-state index in [1.54, 1.807) is 0 Å². The number of anilines is 2. The fraction of sp³-hybridized carbons (Fsp3) is 0.750. The van der Waals surface area contributed by atoms with Crippen molar-refractivity contribution < 1.29 is 0 Å². The SMILES string of the molecule is Nc1nc(N2CC3NCC32)c2c(n1)C1(CCCC1)CCC2. The molecule has 5 nitrogen and oxygen atoms in total. The minimum Gasteiger partial charge on any atom is -0.368 e. The van der Waals surface area contributed by atoms with Crippen molar-refractivity contribution in [1.82, 2.24) is 15.3 Å². The number of nitrogens with one attached hydrogen (secondary N) is 1. The predicted octanol–water partition coefficient (Wildman–Crippen LogP) is 1.37. The van der Waals surface area contributed by atoms with Gasteiger partial charge in [-0.1, -0.05) is 12.8 Å². The van der Waals surface area contributed by atoms with Gasteiger partial charge in [0.2, 0.25) is 5.95 Å². The third kappa shape index (κ3) is 1.55. The molecular formula is C16H23N5. The van der Waals surface area contributed by atoms with Crippen LogP contribution in [0.5, 0.6) is 0 Å². The average Bonchev–Trinajstić information content (AvgIpc) is 2.92. The van der Waals surface area contributed by atoms with Gasteiger partial charge in [-0.05, 0) is 32.1 Å². The van der Waals surface area contributed by atoms with Crippen molar-refractivity contribution in [3.63, 3.8) is 0 Å². The van der Waals surface area contributed by atoms with Crippen molar-refractivity contribution in [2.45, 2.75) is 62.4 Å². The van der Waals surface area contributed by atoms with Crippen molar-refractivity contribution in [2.75, 3.05) is 23.7 Å². The minimum absolute atomic E-state index is 0.321. The molecule has 2 unspecified atom stereocenters. The summed E-state index contributed by atoms with van der Waals surface area (Å²) in [6, 6.07) is 1.32. The van der Waals surface area contributed by atoms with Gasteiger partial charge in [0.15, 0.2) is 0 Å². The largest absolute Gasteiger partial charge is 0.368 e. The third-order valence-electron chi connectivity index (χ3n) is 6.27. The van der Waals surface area contributed by atoms with Crippen LogP contribution in [0, 0.1) is 0 Å². The molecule has 2 saturated heterocycles. The second kappa shape index (κ2) is 4.09. The molecule has 0 amide bonds. The summed E-state index contributed by atoms with van der Waals surface area (Å²) in [6.45, 7) is 2.18. The Morgan fingerprint density at radius 3 is 2.62 bits per heavy atom. The van der Waals surface area contributed by atoms with Crippen molar-refractivity contribution in [3.8, 4) is 0 Å². The summed E-state index contributed by atoms with van der Waals surface area (Å²) in [6.07, 6.45) is 8.99. The number of hydrogen-bond acceptors (Lipinski definition) is 5. The monoisotopic (exact) mass is 285 g/mol. The Bertz CT molecular complexity index is 593. The van der Waals surface area contributed by atoms with Crippen LogP contribution < -0.4 is 16.0 Å². The number of nitrogen functional groups attached to an aromatic ring is 1. The molecule has 21 heavy (non-hydrogen) atoms. The average molecular weight is 285 g/mol. The van der Waals surface area contributed by atoms with Crippen molar-refractivity contribution in [2.24, 2.45) is 0 Å². The van der Waals surface area contributed by atoms with Gasteiger partial charge in [-0.2, -0.15) is 4.98 Å². The van der Waals surface area contributed by atoms with Crippen LogP contribution in [0.15, 0.2) is 0 Å². The number of fused-ring (bicyclic) bond motifs is 3. The Morgan fingerprint density at radius 2 is 1.95 bits per heavy atom. The number of hydrogen-bond donors (Lipinski definition) is 2. The second-order valence-electron chi connectivity index (χ2n) is 7.31. The molecule has 0 aromatic carbocycles. The van der Waals surface area contributed by atoms with Crippen LogP contribution in [0.4, 0.5) is 11.8 Å². The number of aromatic nitrogens is 2. The molecular weight excluding hydrogens is 262 g/mol. The Kier molecular flexibility index (Phi) is 2.38. The molecule has 0 bridgehead atoms. The molecule has 0 radical (unpaired) electrons. The Balaban J connectivity index is 1.62. The fourth-order valence-electron chi connectivity index (χ4n) is 5.01. The van der Waals surface area contributed by atoms with E-state index in [4.69, 9.17) is 10.7 Å². The van der Waals surface area contributed by atoms with Gasteiger partial charge < -0.3 is 16.0 Å². The van der Waals surface area contributed by atoms with Gasteiger partial charge in [-0.15, -0.1) is 0 Å². The quantitative estimate of drug-likeness (QED) is 0.815. The molecule has 3 heterocycles. The Hall–Kier alpha value is -1.36. The highest BCUT2D eigenvalue weighted by Crippen LogP contribution is 2.50. The molecule has 1 spiro atoms. The molecule has 3 fully saturated rings. The predicted molar refractivity (Wildman–Crippen MR) is 82.5 cm³/mol. The van der Waals surface area contributed by atoms with E-state index in [1.807, 2.05) is 0 Å². The number of piperazine rings is 1. The lowest BCUT2D eigenvalue weighted by molar-refractivity contribution is 0.210. The maximum Gasteiger partial charge on any atom is 0.222 e. The third-order valence-corrected chi connectivity index (χ3v) is 6.27. The summed E-state index contributed by atoms with van der Waals surface area (Å²) in [5, 5.41) is 3.47. The van der Waals surface area contributed by atoms with Gasteiger partial charge in [-0.25, -0.2) is 4.98 Å². The first kappa shape index (κ1) is 12.2. The second-order valence-corrected chi connectivity index (χ2v) is 7.31. The van der Waals surface area contributed by atoms with E-state index in [-0.39, 0.29) is 0 Å². The van der Waals surface area contributed by atoms with Gasteiger partial charge in [0.05, 0.1) is 11.7 Å². The highest BCUT2D eigenvalue weighted by atomic mass is 15.4. The van der Waals surface area contributed by atoms with E-state index in [1.165, 1.54) is 49.8 Å². The van der Waals surface area contributed by atoms with Crippen molar-refractivity contribution >= 4 is 11.8 Å². The van der Waals surface area contributed by atoms with E-state index in [0.29, 0.717) is 23.4 Å². The summed E-state index contributed by atoms with van der Waals surface area (Å²) in [4.78, 5) is 11.8. The molecule has 1 saturated carbocycles.